The van der Waals surface area contributed by atoms with E-state index in [1.54, 1.807) is 25.1 Å². The topological polar surface area (TPSA) is 96.6 Å². The number of nitrogens with zero attached hydrogens (tertiary/aromatic N) is 1. The lowest BCUT2D eigenvalue weighted by molar-refractivity contribution is -0.129. The van der Waals surface area contributed by atoms with Crippen molar-refractivity contribution in [2.75, 3.05) is 13.9 Å². The van der Waals surface area contributed by atoms with Crippen LogP contribution in [0.15, 0.2) is 39.4 Å². The Morgan fingerprint density at radius 3 is 2.85 bits per heavy atom. The molecule has 0 aliphatic carbocycles. The van der Waals surface area contributed by atoms with Crippen LogP contribution in [-0.2, 0) is 14.3 Å². The van der Waals surface area contributed by atoms with E-state index >= 15 is 0 Å². The number of furan rings is 1. The van der Waals surface area contributed by atoms with Gasteiger partial charge in [0.15, 0.2) is 17.2 Å². The largest absolute Gasteiger partial charge is 0.465 e. The second-order valence-electron chi connectivity index (χ2n) is 5.51. The van der Waals surface area contributed by atoms with Crippen molar-refractivity contribution < 1.29 is 33.0 Å². The van der Waals surface area contributed by atoms with Crippen molar-refractivity contribution in [2.24, 2.45) is 4.99 Å². The molecule has 0 bridgehead atoms. The Kier molecular flexibility index (Phi) is 3.72. The van der Waals surface area contributed by atoms with Crippen LogP contribution in [0.25, 0.3) is 6.08 Å². The molecule has 0 atom stereocenters. The first-order valence-corrected chi connectivity index (χ1v) is 7.66. The van der Waals surface area contributed by atoms with Gasteiger partial charge in [0.1, 0.15) is 17.1 Å². The van der Waals surface area contributed by atoms with Crippen LogP contribution in [-0.4, -0.2) is 31.7 Å². The van der Waals surface area contributed by atoms with Gasteiger partial charge in [0, 0.05) is 11.6 Å². The van der Waals surface area contributed by atoms with Crippen molar-refractivity contribution in [3.8, 4) is 11.5 Å². The Morgan fingerprint density at radius 2 is 2.04 bits per heavy atom. The van der Waals surface area contributed by atoms with Gasteiger partial charge < -0.3 is 23.4 Å². The van der Waals surface area contributed by atoms with Crippen LogP contribution >= 0.6 is 0 Å². The molecule has 0 spiro atoms. The van der Waals surface area contributed by atoms with E-state index in [1.165, 1.54) is 19.3 Å². The highest BCUT2D eigenvalue weighted by molar-refractivity contribution is 6.13. The first-order chi connectivity index (χ1) is 12.5. The number of esters is 2. The number of aliphatic imine (C=N–C) groups is 1. The number of carbonyl (C=O) groups excluding carboxylic acids is 2. The van der Waals surface area contributed by atoms with Crippen LogP contribution < -0.4 is 9.47 Å². The van der Waals surface area contributed by atoms with Crippen molar-refractivity contribution in [2.45, 2.75) is 6.92 Å². The van der Waals surface area contributed by atoms with Crippen molar-refractivity contribution in [3.05, 3.63) is 52.6 Å². The minimum Gasteiger partial charge on any atom is -0.465 e. The van der Waals surface area contributed by atoms with E-state index in [1.807, 2.05) is 0 Å². The minimum atomic E-state index is -0.619. The summed E-state index contributed by atoms with van der Waals surface area (Å²) >= 11 is 0. The van der Waals surface area contributed by atoms with Gasteiger partial charge in [-0.3, -0.25) is 0 Å². The Hall–Kier alpha value is -3.55. The third-order valence-corrected chi connectivity index (χ3v) is 3.86. The third-order valence-electron chi connectivity index (χ3n) is 3.86. The molecule has 0 radical (unpaired) electrons. The van der Waals surface area contributed by atoms with Gasteiger partial charge in [0.25, 0.3) is 0 Å². The lowest BCUT2D eigenvalue weighted by atomic mass is 10.2. The van der Waals surface area contributed by atoms with Gasteiger partial charge in [-0.2, -0.15) is 0 Å². The van der Waals surface area contributed by atoms with Gasteiger partial charge in [-0.25, -0.2) is 14.6 Å². The van der Waals surface area contributed by atoms with Gasteiger partial charge in [-0.05, 0) is 31.2 Å². The highest BCUT2D eigenvalue weighted by atomic mass is 16.7. The quantitative estimate of drug-likeness (QED) is 0.616. The number of hydrogen-bond donors (Lipinski definition) is 0. The van der Waals surface area contributed by atoms with Crippen LogP contribution in [0.5, 0.6) is 11.5 Å². The number of rotatable bonds is 3. The predicted octanol–water partition coefficient (Wildman–Crippen LogP) is 2.45. The molecule has 4 rings (SSSR count). The lowest BCUT2D eigenvalue weighted by Gasteiger charge is -2.01. The maximum atomic E-state index is 12.1. The molecule has 132 valence electrons. The van der Waals surface area contributed by atoms with Crippen LogP contribution in [0, 0.1) is 6.92 Å². The molecule has 2 aromatic rings. The fraction of sp³-hybridized carbons (Fsp3) is 0.167. The molecule has 1 aromatic heterocycles. The van der Waals surface area contributed by atoms with E-state index in [0.717, 1.165) is 0 Å². The number of ether oxygens (including phenoxy) is 4. The second-order valence-corrected chi connectivity index (χ2v) is 5.51. The van der Waals surface area contributed by atoms with Gasteiger partial charge >= 0.3 is 11.9 Å². The monoisotopic (exact) mass is 355 g/mol. The summed E-state index contributed by atoms with van der Waals surface area (Å²) in [5.41, 5.74) is 0.922. The van der Waals surface area contributed by atoms with E-state index in [-0.39, 0.29) is 24.0 Å². The van der Waals surface area contributed by atoms with E-state index in [2.05, 4.69) is 9.73 Å². The zero-order valence-electron chi connectivity index (χ0n) is 13.9. The number of carbonyl (C=O) groups is 2. The molecule has 0 N–H and O–H groups in total. The van der Waals surface area contributed by atoms with Crippen LogP contribution in [0.3, 0.4) is 0 Å². The number of hydrogen-bond acceptors (Lipinski definition) is 8. The first-order valence-electron chi connectivity index (χ1n) is 7.66. The molecule has 2 aliphatic rings. The maximum absolute atomic E-state index is 12.1. The average molecular weight is 355 g/mol. The standard InChI is InChI=1S/C18H13NO7/c1-9-12(17(20)22-2)6-11(25-9)7-13-18(21)26-16(19-13)10-3-4-14-15(5-10)24-8-23-14/h3-7H,8H2,1-2H3. The molecule has 8 heteroatoms. The highest BCUT2D eigenvalue weighted by Crippen LogP contribution is 2.33. The fourth-order valence-corrected chi connectivity index (χ4v) is 2.59. The molecule has 0 saturated carbocycles. The summed E-state index contributed by atoms with van der Waals surface area (Å²) in [5, 5.41) is 0. The molecular weight excluding hydrogens is 342 g/mol. The van der Waals surface area contributed by atoms with E-state index in [0.29, 0.717) is 28.6 Å². The molecule has 3 heterocycles. The third kappa shape index (κ3) is 2.71. The summed E-state index contributed by atoms with van der Waals surface area (Å²) in [6.07, 6.45) is 1.40. The van der Waals surface area contributed by atoms with E-state index in [4.69, 9.17) is 18.6 Å². The Labute approximate surface area is 147 Å². The van der Waals surface area contributed by atoms with Crippen molar-refractivity contribution in [1.29, 1.82) is 0 Å². The fourth-order valence-electron chi connectivity index (χ4n) is 2.59. The molecular formula is C18H13NO7. The van der Waals surface area contributed by atoms with Gasteiger partial charge in [-0.15, -0.1) is 0 Å². The van der Waals surface area contributed by atoms with E-state index < -0.39 is 11.9 Å². The molecule has 1 aromatic carbocycles. The Bertz CT molecular complexity index is 983. The zero-order chi connectivity index (χ0) is 18.3. The number of fused-ring (bicyclic) bond motifs is 1. The van der Waals surface area contributed by atoms with E-state index in [9.17, 15) is 9.59 Å². The minimum absolute atomic E-state index is 0.0582. The number of methoxy groups -OCH3 is 1. The SMILES string of the molecule is COC(=O)c1cc(C=C2N=C(c3ccc4c(c3)OCO4)OC2=O)oc1C. The molecule has 0 amide bonds. The molecule has 0 saturated heterocycles. The van der Waals surface area contributed by atoms with Crippen LogP contribution in [0.4, 0.5) is 0 Å². The molecule has 0 fully saturated rings. The summed E-state index contributed by atoms with van der Waals surface area (Å²) in [6.45, 7) is 1.78. The number of cyclic esters (lactones) is 1. The summed E-state index contributed by atoms with van der Waals surface area (Å²) in [5.74, 6) is 0.872. The normalized spacial score (nSPS) is 16.6. The highest BCUT2D eigenvalue weighted by Gasteiger charge is 2.26. The molecule has 0 unspecified atom stereocenters. The number of aryl methyl sites for hydroxylation is 1. The Balaban J connectivity index is 1.64. The zero-order valence-corrected chi connectivity index (χ0v) is 13.9. The molecule has 26 heavy (non-hydrogen) atoms. The van der Waals surface area contributed by atoms with Crippen LogP contribution in [0.2, 0.25) is 0 Å². The Morgan fingerprint density at radius 1 is 1.23 bits per heavy atom. The summed E-state index contributed by atoms with van der Waals surface area (Å²) in [6, 6.07) is 6.60. The van der Waals surface area contributed by atoms with Crippen molar-refractivity contribution >= 4 is 23.9 Å². The summed E-state index contributed by atoms with van der Waals surface area (Å²) < 4.78 is 25.9. The van der Waals surface area contributed by atoms with Crippen LogP contribution in [0.1, 0.15) is 27.4 Å². The number of benzene rings is 1. The van der Waals surface area contributed by atoms with Gasteiger partial charge in [0.05, 0.1) is 7.11 Å². The smallest absolute Gasteiger partial charge is 0.363 e. The first kappa shape index (κ1) is 15.9. The summed E-state index contributed by atoms with van der Waals surface area (Å²) in [4.78, 5) is 27.9. The van der Waals surface area contributed by atoms with Crippen molar-refractivity contribution in [1.82, 2.24) is 0 Å². The second kappa shape index (κ2) is 6.07. The molecule has 2 aliphatic heterocycles. The average Bonchev–Trinajstić information content (AvgIpc) is 3.33. The maximum Gasteiger partial charge on any atom is 0.363 e. The van der Waals surface area contributed by atoms with Gasteiger partial charge in [-0.1, -0.05) is 0 Å². The predicted molar refractivity (Wildman–Crippen MR) is 88.0 cm³/mol. The summed E-state index contributed by atoms with van der Waals surface area (Å²) in [7, 11) is 1.28. The van der Waals surface area contributed by atoms with Crippen molar-refractivity contribution in [3.63, 3.8) is 0 Å². The lowest BCUT2D eigenvalue weighted by Crippen LogP contribution is -2.05. The van der Waals surface area contributed by atoms with Gasteiger partial charge in [0.2, 0.25) is 12.7 Å². The molecule has 8 nitrogen and oxygen atoms in total.